The number of thioether (sulfide) groups is 1. The van der Waals surface area contributed by atoms with Crippen LogP contribution in [0, 0.1) is 22.7 Å². The van der Waals surface area contributed by atoms with E-state index >= 15 is 0 Å². The minimum Gasteiger partial charge on any atom is -0.497 e. The van der Waals surface area contributed by atoms with Crippen molar-refractivity contribution in [2.24, 2.45) is 0 Å². The topological polar surface area (TPSA) is 124 Å². The summed E-state index contributed by atoms with van der Waals surface area (Å²) in [5.41, 5.74) is 9.56. The van der Waals surface area contributed by atoms with Gasteiger partial charge in [-0.25, -0.2) is 9.97 Å². The van der Waals surface area contributed by atoms with Crippen LogP contribution in [0.1, 0.15) is 17.0 Å². The lowest BCUT2D eigenvalue weighted by Crippen LogP contribution is -2.03. The summed E-state index contributed by atoms with van der Waals surface area (Å²) in [6.45, 7) is 0. The molecule has 2 aromatic carbocycles. The van der Waals surface area contributed by atoms with Crippen LogP contribution >= 0.6 is 11.8 Å². The molecule has 0 saturated carbocycles. The highest BCUT2D eigenvalue weighted by molar-refractivity contribution is 7.98. The number of H-pyrrole nitrogens is 1. The van der Waals surface area contributed by atoms with E-state index in [1.165, 1.54) is 11.8 Å². The molecule has 2 aromatic heterocycles. The highest BCUT2D eigenvalue weighted by Gasteiger charge is 2.21. The molecule has 0 unspecified atom stereocenters. The number of nitrogen functional groups attached to an aromatic ring is 1. The van der Waals surface area contributed by atoms with Crippen molar-refractivity contribution in [1.82, 2.24) is 15.0 Å². The second-order valence-corrected chi connectivity index (χ2v) is 7.33. The van der Waals surface area contributed by atoms with Crippen LogP contribution < -0.4 is 10.5 Å². The predicted octanol–water partition coefficient (Wildman–Crippen LogP) is 4.25. The van der Waals surface area contributed by atoms with Gasteiger partial charge in [-0.15, -0.1) is 0 Å². The molecule has 0 fully saturated rings. The zero-order valence-corrected chi connectivity index (χ0v) is 16.8. The number of hydrogen-bond donors (Lipinski definition) is 2. The van der Waals surface area contributed by atoms with E-state index in [9.17, 15) is 10.5 Å². The number of imidazole rings is 1. The Balaban J connectivity index is 1.75. The van der Waals surface area contributed by atoms with Gasteiger partial charge in [0.1, 0.15) is 40.1 Å². The molecular weight excluding hydrogens is 396 g/mol. The van der Waals surface area contributed by atoms with Crippen molar-refractivity contribution in [2.45, 2.75) is 10.8 Å². The number of aromatic amines is 1. The lowest BCUT2D eigenvalue weighted by atomic mass is 9.97. The predicted molar refractivity (Wildman–Crippen MR) is 116 cm³/mol. The molecule has 30 heavy (non-hydrogen) atoms. The zero-order valence-electron chi connectivity index (χ0n) is 16.0. The van der Waals surface area contributed by atoms with Gasteiger partial charge in [-0.05, 0) is 29.8 Å². The first-order chi connectivity index (χ1) is 14.6. The Labute approximate surface area is 177 Å². The van der Waals surface area contributed by atoms with Crippen molar-refractivity contribution >= 4 is 28.6 Å². The van der Waals surface area contributed by atoms with Crippen LogP contribution in [0.5, 0.6) is 5.75 Å². The van der Waals surface area contributed by atoms with Gasteiger partial charge in [-0.2, -0.15) is 10.5 Å². The molecule has 0 atom stereocenters. The number of nitrogens with zero attached hydrogens (tertiary/aromatic N) is 4. The number of pyridine rings is 1. The highest BCUT2D eigenvalue weighted by Crippen LogP contribution is 2.37. The average molecular weight is 412 g/mol. The maximum atomic E-state index is 9.88. The monoisotopic (exact) mass is 412 g/mol. The molecule has 0 aliphatic rings. The molecule has 8 heteroatoms. The van der Waals surface area contributed by atoms with Crippen molar-refractivity contribution in [3.05, 3.63) is 65.5 Å². The first-order valence-corrected chi connectivity index (χ1v) is 9.97. The third-order valence-electron chi connectivity index (χ3n) is 4.58. The third kappa shape index (κ3) is 3.52. The molecule has 0 spiro atoms. The number of benzene rings is 2. The van der Waals surface area contributed by atoms with Gasteiger partial charge in [0.25, 0.3) is 0 Å². The first-order valence-electron chi connectivity index (χ1n) is 8.99. The number of nitriles is 2. The van der Waals surface area contributed by atoms with Crippen LogP contribution in [0.2, 0.25) is 0 Å². The van der Waals surface area contributed by atoms with Crippen molar-refractivity contribution in [3.63, 3.8) is 0 Å². The molecule has 7 nitrogen and oxygen atoms in total. The third-order valence-corrected chi connectivity index (χ3v) is 5.56. The summed E-state index contributed by atoms with van der Waals surface area (Å²) in [6, 6.07) is 19.2. The molecule has 3 N–H and O–H groups in total. The summed E-state index contributed by atoms with van der Waals surface area (Å²) in [5, 5.41) is 20.0. The molecule has 4 rings (SSSR count). The van der Waals surface area contributed by atoms with Crippen molar-refractivity contribution in [2.75, 3.05) is 12.8 Å². The second kappa shape index (κ2) is 8.16. The van der Waals surface area contributed by atoms with Crippen LogP contribution in [-0.2, 0) is 5.75 Å². The Morgan fingerprint density at radius 3 is 2.43 bits per heavy atom. The zero-order chi connectivity index (χ0) is 21.1. The minimum atomic E-state index is 0.0921. The molecule has 0 amide bonds. The number of hydrogen-bond acceptors (Lipinski definition) is 7. The van der Waals surface area contributed by atoms with Crippen molar-refractivity contribution in [3.8, 4) is 29.0 Å². The number of nitrogens with one attached hydrogen (secondary N) is 1. The number of aromatic nitrogens is 3. The molecule has 0 bridgehead atoms. The van der Waals surface area contributed by atoms with Crippen LogP contribution in [0.15, 0.2) is 53.6 Å². The van der Waals surface area contributed by atoms with Crippen molar-refractivity contribution < 1.29 is 4.74 Å². The Morgan fingerprint density at radius 2 is 1.77 bits per heavy atom. The van der Waals surface area contributed by atoms with Crippen molar-refractivity contribution in [1.29, 1.82) is 10.5 Å². The fraction of sp³-hybridized carbons (Fsp3) is 0.0909. The fourth-order valence-electron chi connectivity index (χ4n) is 3.16. The minimum absolute atomic E-state index is 0.0921. The van der Waals surface area contributed by atoms with E-state index in [0.29, 0.717) is 33.2 Å². The molecule has 2 heterocycles. The number of nitrogens with two attached hydrogens (primary N) is 1. The van der Waals surface area contributed by atoms with Gasteiger partial charge in [-0.3, -0.25) is 0 Å². The number of para-hydroxylation sites is 2. The summed E-state index contributed by atoms with van der Waals surface area (Å²) in [5.74, 6) is 2.01. The molecule has 0 radical (unpaired) electrons. The van der Waals surface area contributed by atoms with Gasteiger partial charge in [-0.1, -0.05) is 36.0 Å². The highest BCUT2D eigenvalue weighted by atomic mass is 32.2. The molecule has 0 aliphatic carbocycles. The van der Waals surface area contributed by atoms with Crippen LogP contribution in [-0.4, -0.2) is 22.1 Å². The number of methoxy groups -OCH3 is 1. The maximum Gasteiger partial charge on any atom is 0.143 e. The van der Waals surface area contributed by atoms with Gasteiger partial charge in [0.05, 0.1) is 29.5 Å². The van der Waals surface area contributed by atoms with E-state index in [2.05, 4.69) is 27.1 Å². The van der Waals surface area contributed by atoms with Gasteiger partial charge >= 0.3 is 0 Å². The lowest BCUT2D eigenvalue weighted by molar-refractivity contribution is 0.415. The van der Waals surface area contributed by atoms with E-state index in [1.54, 1.807) is 31.4 Å². The van der Waals surface area contributed by atoms with Crippen LogP contribution in [0.25, 0.3) is 22.2 Å². The normalized spacial score (nSPS) is 10.5. The van der Waals surface area contributed by atoms with E-state index < -0.39 is 0 Å². The Kier molecular flexibility index (Phi) is 5.25. The molecule has 0 aliphatic heterocycles. The molecule has 4 aromatic rings. The maximum absolute atomic E-state index is 9.88. The standard InChI is InChI=1S/C22H16N6OS/c1-29-14-8-6-13(7-9-14)20-15(10-23)21(25)28-22(16(20)11-24)30-12-19-26-17-4-2-3-5-18(17)27-19/h2-9H,12H2,1H3,(H2,25,28)(H,26,27). The summed E-state index contributed by atoms with van der Waals surface area (Å²) in [6.07, 6.45) is 0. The summed E-state index contributed by atoms with van der Waals surface area (Å²) >= 11 is 1.35. The number of rotatable bonds is 5. The van der Waals surface area contributed by atoms with E-state index in [4.69, 9.17) is 10.5 Å². The molecule has 146 valence electrons. The van der Waals surface area contributed by atoms with Gasteiger partial charge in [0, 0.05) is 5.56 Å². The Morgan fingerprint density at radius 1 is 1.03 bits per heavy atom. The number of anilines is 1. The van der Waals surface area contributed by atoms with E-state index in [-0.39, 0.29) is 11.4 Å². The van der Waals surface area contributed by atoms with Gasteiger partial charge in [0.2, 0.25) is 0 Å². The number of ether oxygens (including phenoxy) is 1. The van der Waals surface area contributed by atoms with Gasteiger partial charge in [0.15, 0.2) is 0 Å². The van der Waals surface area contributed by atoms with Crippen LogP contribution in [0.4, 0.5) is 5.82 Å². The summed E-state index contributed by atoms with van der Waals surface area (Å²) < 4.78 is 5.20. The van der Waals surface area contributed by atoms with Gasteiger partial charge < -0.3 is 15.5 Å². The summed E-state index contributed by atoms with van der Waals surface area (Å²) in [7, 11) is 1.58. The lowest BCUT2D eigenvalue weighted by Gasteiger charge is -2.13. The van der Waals surface area contributed by atoms with Crippen LogP contribution in [0.3, 0.4) is 0 Å². The molecular formula is C22H16N6OS. The second-order valence-electron chi connectivity index (χ2n) is 6.37. The number of fused-ring (bicyclic) bond motifs is 1. The van der Waals surface area contributed by atoms with E-state index in [0.717, 1.165) is 16.9 Å². The Hall–Kier alpha value is -4.01. The largest absolute Gasteiger partial charge is 0.497 e. The SMILES string of the molecule is COc1ccc(-c2c(C#N)c(N)nc(SCc3nc4ccccc4[nH]3)c2C#N)cc1. The first kappa shape index (κ1) is 19.3. The average Bonchev–Trinajstić information content (AvgIpc) is 3.20. The summed E-state index contributed by atoms with van der Waals surface area (Å²) in [4.78, 5) is 12.1. The quantitative estimate of drug-likeness (QED) is 0.469. The molecule has 0 saturated heterocycles. The fourth-order valence-corrected chi connectivity index (χ4v) is 4.02. The Bertz CT molecular complexity index is 1280. The van der Waals surface area contributed by atoms with E-state index in [1.807, 2.05) is 24.3 Å². The smallest absolute Gasteiger partial charge is 0.143 e.